The smallest absolute Gasteiger partial charge is 0.261 e. The fraction of sp³-hybridized carbons (Fsp3) is 0.235. The van der Waals surface area contributed by atoms with Crippen LogP contribution in [0.25, 0.3) is 11.5 Å². The first kappa shape index (κ1) is 16.6. The molecule has 1 amide bonds. The Kier molecular flexibility index (Phi) is 4.42. The Hall–Kier alpha value is -3.29. The second kappa shape index (κ2) is 6.68. The van der Waals surface area contributed by atoms with Crippen molar-refractivity contribution in [2.24, 2.45) is 0 Å². The molecule has 0 aromatic carbocycles. The predicted octanol–water partition coefficient (Wildman–Crippen LogP) is 1.93. The molecule has 8 nitrogen and oxygen atoms in total. The van der Waals surface area contributed by atoms with E-state index in [1.807, 2.05) is 6.07 Å². The zero-order valence-electron chi connectivity index (χ0n) is 14.0. The average molecular weight is 339 g/mol. The van der Waals surface area contributed by atoms with Crippen LogP contribution in [0.1, 0.15) is 40.5 Å². The lowest BCUT2D eigenvalue weighted by atomic mass is 10.1. The molecule has 3 aromatic rings. The van der Waals surface area contributed by atoms with Crippen LogP contribution in [0.3, 0.4) is 0 Å². The molecule has 1 atom stereocenters. The SMILES string of the molecule is Cc1cc(C)c(C(=O)N[C@@H](C)c2nc(-c3ccccn3)no2)c(=O)[nH]1. The summed E-state index contributed by atoms with van der Waals surface area (Å²) >= 11 is 0. The number of nitrogens with zero attached hydrogens (tertiary/aromatic N) is 3. The largest absolute Gasteiger partial charge is 0.340 e. The molecule has 0 aliphatic heterocycles. The van der Waals surface area contributed by atoms with Gasteiger partial charge in [0.1, 0.15) is 17.3 Å². The Labute approximate surface area is 143 Å². The highest BCUT2D eigenvalue weighted by Crippen LogP contribution is 2.17. The second-order valence-electron chi connectivity index (χ2n) is 5.71. The van der Waals surface area contributed by atoms with Crippen molar-refractivity contribution in [1.29, 1.82) is 0 Å². The molecule has 0 aliphatic carbocycles. The molecular weight excluding hydrogens is 322 g/mol. The minimum Gasteiger partial charge on any atom is -0.340 e. The lowest BCUT2D eigenvalue weighted by molar-refractivity contribution is 0.0930. The lowest BCUT2D eigenvalue weighted by Crippen LogP contribution is -2.33. The number of aryl methyl sites for hydroxylation is 2. The van der Waals surface area contributed by atoms with Crippen molar-refractivity contribution in [3.63, 3.8) is 0 Å². The number of nitrogens with one attached hydrogen (secondary N) is 2. The van der Waals surface area contributed by atoms with Crippen LogP contribution in [-0.2, 0) is 0 Å². The van der Waals surface area contributed by atoms with E-state index in [2.05, 4.69) is 25.4 Å². The van der Waals surface area contributed by atoms with Crippen LogP contribution >= 0.6 is 0 Å². The number of pyridine rings is 2. The zero-order valence-corrected chi connectivity index (χ0v) is 14.0. The van der Waals surface area contributed by atoms with Gasteiger partial charge in [0, 0.05) is 11.9 Å². The van der Waals surface area contributed by atoms with Gasteiger partial charge in [-0.1, -0.05) is 11.2 Å². The normalized spacial score (nSPS) is 12.0. The molecule has 0 aliphatic rings. The Balaban J connectivity index is 1.79. The number of aromatic amines is 1. The summed E-state index contributed by atoms with van der Waals surface area (Å²) in [5, 5.41) is 6.57. The van der Waals surface area contributed by atoms with Gasteiger partial charge in [0.25, 0.3) is 11.5 Å². The third kappa shape index (κ3) is 3.47. The van der Waals surface area contributed by atoms with Gasteiger partial charge in [0.15, 0.2) is 0 Å². The van der Waals surface area contributed by atoms with E-state index in [9.17, 15) is 9.59 Å². The molecule has 25 heavy (non-hydrogen) atoms. The maximum absolute atomic E-state index is 12.4. The third-order valence-corrected chi connectivity index (χ3v) is 3.65. The Morgan fingerprint density at radius 3 is 2.80 bits per heavy atom. The zero-order chi connectivity index (χ0) is 18.0. The summed E-state index contributed by atoms with van der Waals surface area (Å²) in [6.45, 7) is 5.18. The third-order valence-electron chi connectivity index (χ3n) is 3.65. The number of hydrogen-bond donors (Lipinski definition) is 2. The molecule has 0 spiro atoms. The van der Waals surface area contributed by atoms with Crippen molar-refractivity contribution in [3.8, 4) is 11.5 Å². The molecule has 3 rings (SSSR count). The molecule has 0 saturated carbocycles. The van der Waals surface area contributed by atoms with Crippen LogP contribution in [0.5, 0.6) is 0 Å². The molecule has 8 heteroatoms. The summed E-state index contributed by atoms with van der Waals surface area (Å²) in [5.74, 6) is 0.0695. The highest BCUT2D eigenvalue weighted by atomic mass is 16.5. The number of aromatic nitrogens is 4. The molecule has 3 heterocycles. The fourth-order valence-corrected chi connectivity index (χ4v) is 2.48. The summed E-state index contributed by atoms with van der Waals surface area (Å²) in [5.41, 5.74) is 1.51. The molecule has 0 radical (unpaired) electrons. The van der Waals surface area contributed by atoms with E-state index in [4.69, 9.17) is 4.52 Å². The van der Waals surface area contributed by atoms with Crippen molar-refractivity contribution >= 4 is 5.91 Å². The first-order chi connectivity index (χ1) is 12.0. The number of amides is 1. The van der Waals surface area contributed by atoms with Crippen molar-refractivity contribution in [1.82, 2.24) is 25.4 Å². The topological polar surface area (TPSA) is 114 Å². The van der Waals surface area contributed by atoms with E-state index < -0.39 is 17.5 Å². The molecule has 128 valence electrons. The lowest BCUT2D eigenvalue weighted by Gasteiger charge is -2.11. The maximum Gasteiger partial charge on any atom is 0.261 e. The van der Waals surface area contributed by atoms with E-state index in [1.165, 1.54) is 0 Å². The van der Waals surface area contributed by atoms with Crippen LogP contribution in [0.15, 0.2) is 39.8 Å². The Morgan fingerprint density at radius 1 is 1.32 bits per heavy atom. The molecule has 0 unspecified atom stereocenters. The molecular formula is C17H17N5O3. The maximum atomic E-state index is 12.4. The monoisotopic (exact) mass is 339 g/mol. The Bertz CT molecular complexity index is 962. The van der Waals surface area contributed by atoms with Gasteiger partial charge in [-0.3, -0.25) is 14.6 Å². The van der Waals surface area contributed by atoms with Gasteiger partial charge in [-0.25, -0.2) is 0 Å². The van der Waals surface area contributed by atoms with E-state index in [-0.39, 0.29) is 11.5 Å². The highest BCUT2D eigenvalue weighted by molar-refractivity contribution is 5.95. The van der Waals surface area contributed by atoms with Gasteiger partial charge in [0.05, 0.1) is 0 Å². The second-order valence-corrected chi connectivity index (χ2v) is 5.71. The summed E-state index contributed by atoms with van der Waals surface area (Å²) < 4.78 is 5.20. The molecule has 0 fully saturated rings. The summed E-state index contributed by atoms with van der Waals surface area (Å²) in [4.78, 5) is 35.5. The standard InChI is InChI=1S/C17H17N5O3/c1-9-8-10(2)19-15(23)13(9)16(24)20-11(3)17-21-14(22-25-17)12-6-4-5-7-18-12/h4-8,11H,1-3H3,(H,19,23)(H,20,24)/t11-/m0/s1. The van der Waals surface area contributed by atoms with Gasteiger partial charge in [-0.15, -0.1) is 0 Å². The first-order valence-corrected chi connectivity index (χ1v) is 7.72. The van der Waals surface area contributed by atoms with Crippen molar-refractivity contribution < 1.29 is 9.32 Å². The number of H-pyrrole nitrogens is 1. The number of carbonyl (C=O) groups is 1. The number of carbonyl (C=O) groups excluding carboxylic acids is 1. The number of hydrogen-bond acceptors (Lipinski definition) is 6. The van der Waals surface area contributed by atoms with E-state index in [0.717, 1.165) is 0 Å². The molecule has 0 saturated heterocycles. The molecule has 0 bridgehead atoms. The van der Waals surface area contributed by atoms with Crippen LogP contribution in [0.2, 0.25) is 0 Å². The summed E-state index contributed by atoms with van der Waals surface area (Å²) in [6.07, 6.45) is 1.63. The van der Waals surface area contributed by atoms with Crippen molar-refractivity contribution in [3.05, 3.63) is 63.5 Å². The summed E-state index contributed by atoms with van der Waals surface area (Å²) in [7, 11) is 0. The van der Waals surface area contributed by atoms with Crippen LogP contribution in [-0.4, -0.2) is 26.0 Å². The quantitative estimate of drug-likeness (QED) is 0.751. The minimum atomic E-state index is -0.558. The van der Waals surface area contributed by atoms with Gasteiger partial charge in [0.2, 0.25) is 11.7 Å². The van der Waals surface area contributed by atoms with Crippen LogP contribution in [0, 0.1) is 13.8 Å². The highest BCUT2D eigenvalue weighted by Gasteiger charge is 2.21. The Morgan fingerprint density at radius 2 is 2.12 bits per heavy atom. The first-order valence-electron chi connectivity index (χ1n) is 7.72. The van der Waals surface area contributed by atoms with Crippen molar-refractivity contribution in [2.75, 3.05) is 0 Å². The van der Waals surface area contributed by atoms with Gasteiger partial charge < -0.3 is 14.8 Å². The van der Waals surface area contributed by atoms with E-state index in [1.54, 1.807) is 45.2 Å². The fourth-order valence-electron chi connectivity index (χ4n) is 2.48. The van der Waals surface area contributed by atoms with Gasteiger partial charge >= 0.3 is 0 Å². The molecule has 3 aromatic heterocycles. The number of rotatable bonds is 4. The average Bonchev–Trinajstić information content (AvgIpc) is 3.04. The van der Waals surface area contributed by atoms with Crippen molar-refractivity contribution in [2.45, 2.75) is 26.8 Å². The molecule has 2 N–H and O–H groups in total. The predicted molar refractivity (Wildman–Crippen MR) is 89.9 cm³/mol. The minimum absolute atomic E-state index is 0.0712. The van der Waals surface area contributed by atoms with E-state index >= 15 is 0 Å². The van der Waals surface area contributed by atoms with Crippen LogP contribution in [0.4, 0.5) is 0 Å². The van der Waals surface area contributed by atoms with Gasteiger partial charge in [-0.2, -0.15) is 4.98 Å². The van der Waals surface area contributed by atoms with Crippen LogP contribution < -0.4 is 10.9 Å². The van der Waals surface area contributed by atoms with E-state index in [0.29, 0.717) is 22.8 Å². The van der Waals surface area contributed by atoms with Gasteiger partial charge in [-0.05, 0) is 44.5 Å². The summed E-state index contributed by atoms with van der Waals surface area (Å²) in [6, 6.07) is 6.54.